The van der Waals surface area contributed by atoms with Crippen molar-refractivity contribution >= 4 is 5.91 Å². The number of carbonyl (C=O) groups is 1. The quantitative estimate of drug-likeness (QED) is 0.677. The average Bonchev–Trinajstić information content (AvgIpc) is 3.28. The van der Waals surface area contributed by atoms with Crippen LogP contribution in [0.4, 0.5) is 0 Å². The molecule has 3 aromatic rings. The van der Waals surface area contributed by atoms with Gasteiger partial charge in [-0.15, -0.1) is 0 Å². The number of aryl methyl sites for hydroxylation is 1. The van der Waals surface area contributed by atoms with E-state index in [0.717, 1.165) is 34.6 Å². The highest BCUT2D eigenvalue weighted by Gasteiger charge is 2.24. The molecule has 0 saturated heterocycles. The van der Waals surface area contributed by atoms with Crippen LogP contribution in [0.1, 0.15) is 41.1 Å². The van der Waals surface area contributed by atoms with Gasteiger partial charge in [-0.25, -0.2) is 0 Å². The van der Waals surface area contributed by atoms with Gasteiger partial charge in [0.2, 0.25) is 0 Å². The molecule has 0 bridgehead atoms. The van der Waals surface area contributed by atoms with E-state index in [4.69, 9.17) is 14.0 Å². The Kier molecular flexibility index (Phi) is 5.25. The van der Waals surface area contributed by atoms with Gasteiger partial charge in [0.25, 0.3) is 5.91 Å². The number of hydrogen-bond acceptors (Lipinski definition) is 5. The molecule has 1 aliphatic heterocycles. The van der Waals surface area contributed by atoms with Crippen molar-refractivity contribution in [3.05, 3.63) is 64.9 Å². The molecule has 1 aliphatic rings. The van der Waals surface area contributed by atoms with Gasteiger partial charge in [0.15, 0.2) is 0 Å². The first-order valence-corrected chi connectivity index (χ1v) is 9.82. The number of nitrogens with one attached hydrogen (secondary N) is 1. The lowest BCUT2D eigenvalue weighted by Gasteiger charge is -2.13. The predicted molar refractivity (Wildman–Crippen MR) is 109 cm³/mol. The summed E-state index contributed by atoms with van der Waals surface area (Å²) in [6, 6.07) is 13.5. The lowest BCUT2D eigenvalue weighted by molar-refractivity contribution is 0.0949. The fraction of sp³-hybridized carbons (Fsp3) is 0.304. The molecule has 0 aliphatic carbocycles. The van der Waals surface area contributed by atoms with E-state index in [9.17, 15) is 4.79 Å². The first kappa shape index (κ1) is 19.1. The minimum absolute atomic E-state index is 0.150. The van der Waals surface area contributed by atoms with Gasteiger partial charge < -0.3 is 19.3 Å². The van der Waals surface area contributed by atoms with E-state index in [1.165, 1.54) is 0 Å². The maximum absolute atomic E-state index is 13.0. The van der Waals surface area contributed by atoms with Crippen molar-refractivity contribution in [2.75, 3.05) is 6.61 Å². The number of hydrogen-bond donors (Lipinski definition) is 1. The highest BCUT2D eigenvalue weighted by atomic mass is 16.5. The molecule has 1 unspecified atom stereocenters. The van der Waals surface area contributed by atoms with Crippen LogP contribution in [0.25, 0.3) is 11.3 Å². The third kappa shape index (κ3) is 3.83. The Bertz CT molecular complexity index is 1030. The molecular formula is C23H24N2O4. The first-order chi connectivity index (χ1) is 14.1. The topological polar surface area (TPSA) is 73.6 Å². The summed E-state index contributed by atoms with van der Waals surface area (Å²) < 4.78 is 17.0. The summed E-state index contributed by atoms with van der Waals surface area (Å²) in [5.74, 6) is 1.88. The number of amides is 1. The van der Waals surface area contributed by atoms with Gasteiger partial charge in [-0.05, 0) is 32.9 Å². The Hall–Kier alpha value is -3.28. The SMILES string of the molecule is CCOc1cc2c(cc1CNC(=O)c1c(-c3ccccc3)noc1C)OC(C)C2. The third-order valence-electron chi connectivity index (χ3n) is 4.96. The zero-order chi connectivity index (χ0) is 20.4. The van der Waals surface area contributed by atoms with Crippen molar-refractivity contribution in [3.8, 4) is 22.8 Å². The number of benzene rings is 2. The monoisotopic (exact) mass is 392 g/mol. The maximum atomic E-state index is 13.0. The molecule has 0 radical (unpaired) electrons. The fourth-order valence-electron chi connectivity index (χ4n) is 3.61. The van der Waals surface area contributed by atoms with Crippen LogP contribution in [0, 0.1) is 6.92 Å². The molecule has 4 rings (SSSR count). The molecule has 0 spiro atoms. The number of nitrogens with zero attached hydrogens (tertiary/aromatic N) is 1. The summed E-state index contributed by atoms with van der Waals surface area (Å²) in [6.07, 6.45) is 1.01. The zero-order valence-corrected chi connectivity index (χ0v) is 16.8. The molecular weight excluding hydrogens is 368 g/mol. The van der Waals surface area contributed by atoms with Crippen LogP contribution in [0.15, 0.2) is 47.0 Å². The van der Waals surface area contributed by atoms with Crippen LogP contribution in [0.5, 0.6) is 11.5 Å². The van der Waals surface area contributed by atoms with Crippen LogP contribution in [-0.2, 0) is 13.0 Å². The van der Waals surface area contributed by atoms with E-state index in [0.29, 0.717) is 30.2 Å². The van der Waals surface area contributed by atoms with Gasteiger partial charge in [-0.1, -0.05) is 35.5 Å². The van der Waals surface area contributed by atoms with Gasteiger partial charge in [0.1, 0.15) is 34.6 Å². The highest BCUT2D eigenvalue weighted by Crippen LogP contribution is 2.35. The minimum atomic E-state index is -0.236. The number of aromatic nitrogens is 1. The molecule has 0 saturated carbocycles. The molecule has 2 heterocycles. The average molecular weight is 392 g/mol. The van der Waals surface area contributed by atoms with Gasteiger partial charge in [-0.2, -0.15) is 0 Å². The molecule has 6 heteroatoms. The van der Waals surface area contributed by atoms with Crippen LogP contribution in [0.3, 0.4) is 0 Å². The van der Waals surface area contributed by atoms with E-state index < -0.39 is 0 Å². The Morgan fingerprint density at radius 3 is 2.83 bits per heavy atom. The molecule has 29 heavy (non-hydrogen) atoms. The maximum Gasteiger partial charge on any atom is 0.257 e. The van der Waals surface area contributed by atoms with Crippen molar-refractivity contribution in [1.29, 1.82) is 0 Å². The Balaban J connectivity index is 1.57. The van der Waals surface area contributed by atoms with E-state index in [2.05, 4.69) is 10.5 Å². The van der Waals surface area contributed by atoms with Gasteiger partial charge >= 0.3 is 0 Å². The van der Waals surface area contributed by atoms with E-state index in [1.54, 1.807) is 6.92 Å². The summed E-state index contributed by atoms with van der Waals surface area (Å²) in [5, 5.41) is 7.06. The second kappa shape index (κ2) is 7.99. The van der Waals surface area contributed by atoms with Gasteiger partial charge in [-0.3, -0.25) is 4.79 Å². The van der Waals surface area contributed by atoms with Crippen molar-refractivity contribution in [3.63, 3.8) is 0 Å². The van der Waals surface area contributed by atoms with Crippen LogP contribution >= 0.6 is 0 Å². The Morgan fingerprint density at radius 2 is 2.07 bits per heavy atom. The highest BCUT2D eigenvalue weighted by molar-refractivity contribution is 6.00. The second-order valence-electron chi connectivity index (χ2n) is 7.14. The zero-order valence-electron chi connectivity index (χ0n) is 16.8. The van der Waals surface area contributed by atoms with Gasteiger partial charge in [0.05, 0.1) is 6.61 Å². The largest absolute Gasteiger partial charge is 0.494 e. The molecule has 1 amide bonds. The Morgan fingerprint density at radius 1 is 1.28 bits per heavy atom. The minimum Gasteiger partial charge on any atom is -0.494 e. The molecule has 1 aromatic heterocycles. The molecule has 1 atom stereocenters. The lowest BCUT2D eigenvalue weighted by Crippen LogP contribution is -2.24. The smallest absolute Gasteiger partial charge is 0.257 e. The molecule has 0 fully saturated rings. The third-order valence-corrected chi connectivity index (χ3v) is 4.96. The van der Waals surface area contributed by atoms with E-state index in [1.807, 2.05) is 56.3 Å². The van der Waals surface area contributed by atoms with E-state index in [-0.39, 0.29) is 12.0 Å². The number of ether oxygens (including phenoxy) is 2. The van der Waals surface area contributed by atoms with Crippen molar-refractivity contribution < 1.29 is 18.8 Å². The summed E-state index contributed by atoms with van der Waals surface area (Å²) in [7, 11) is 0. The summed E-state index contributed by atoms with van der Waals surface area (Å²) in [5.41, 5.74) is 3.84. The number of carbonyl (C=O) groups excluding carboxylic acids is 1. The molecule has 2 aromatic carbocycles. The van der Waals surface area contributed by atoms with Crippen molar-refractivity contribution in [1.82, 2.24) is 10.5 Å². The summed E-state index contributed by atoms with van der Waals surface area (Å²) in [6.45, 7) is 6.60. The van der Waals surface area contributed by atoms with Crippen molar-refractivity contribution in [2.24, 2.45) is 0 Å². The van der Waals surface area contributed by atoms with Gasteiger partial charge in [0, 0.05) is 29.7 Å². The van der Waals surface area contributed by atoms with Crippen LogP contribution < -0.4 is 14.8 Å². The van der Waals surface area contributed by atoms with Crippen molar-refractivity contribution in [2.45, 2.75) is 39.8 Å². The summed E-state index contributed by atoms with van der Waals surface area (Å²) in [4.78, 5) is 13.0. The molecule has 1 N–H and O–H groups in total. The van der Waals surface area contributed by atoms with Crippen LogP contribution in [-0.4, -0.2) is 23.8 Å². The van der Waals surface area contributed by atoms with Crippen LogP contribution in [0.2, 0.25) is 0 Å². The van der Waals surface area contributed by atoms with E-state index >= 15 is 0 Å². The number of fused-ring (bicyclic) bond motifs is 1. The lowest BCUT2D eigenvalue weighted by atomic mass is 10.0. The normalized spacial score (nSPS) is 14.9. The summed E-state index contributed by atoms with van der Waals surface area (Å²) >= 11 is 0. The second-order valence-corrected chi connectivity index (χ2v) is 7.14. The fourth-order valence-corrected chi connectivity index (χ4v) is 3.61. The predicted octanol–water partition coefficient (Wildman–Crippen LogP) is 4.30. The first-order valence-electron chi connectivity index (χ1n) is 9.82. The number of rotatable bonds is 6. The Labute approximate surface area is 169 Å². The molecule has 150 valence electrons. The molecule has 6 nitrogen and oxygen atoms in total. The standard InChI is InChI=1S/C23H24N2O4/c1-4-27-19-11-17-10-14(2)28-20(17)12-18(19)13-24-23(26)21-15(3)29-25-22(21)16-8-6-5-7-9-16/h5-9,11-12,14H,4,10,13H2,1-3H3,(H,24,26).